The third-order valence-corrected chi connectivity index (χ3v) is 5.46. The number of fused-ring (bicyclic) bond motifs is 1. The van der Waals surface area contributed by atoms with Crippen molar-refractivity contribution in [3.05, 3.63) is 22.4 Å². The quantitative estimate of drug-likeness (QED) is 0.807. The molecule has 2 fully saturated rings. The van der Waals surface area contributed by atoms with Crippen LogP contribution in [0.2, 0.25) is 0 Å². The number of thiophene rings is 1. The van der Waals surface area contributed by atoms with Gasteiger partial charge >= 0.3 is 0 Å². The largest absolute Gasteiger partial charge is 0.389 e. The summed E-state index contributed by atoms with van der Waals surface area (Å²) in [6.45, 7) is 4.13. The molecule has 3 atom stereocenters. The van der Waals surface area contributed by atoms with Gasteiger partial charge in [-0.1, -0.05) is 12.5 Å². The zero-order valence-corrected chi connectivity index (χ0v) is 13.4. The second-order valence-corrected chi connectivity index (χ2v) is 7.18. The molecule has 5 heteroatoms. The molecule has 0 aliphatic carbocycles. The number of hydrogen-bond donors (Lipinski definition) is 2. The molecule has 1 aromatic heterocycles. The zero-order chi connectivity index (χ0) is 14.5. The third-order valence-electron chi connectivity index (χ3n) is 4.61. The molecule has 2 aliphatic rings. The van der Waals surface area contributed by atoms with Gasteiger partial charge in [-0.3, -0.25) is 4.90 Å². The number of nitrogens with one attached hydrogen (secondary N) is 1. The second-order valence-electron chi connectivity index (χ2n) is 6.15. The normalized spacial score (nSPS) is 27.7. The maximum atomic E-state index is 10.0. The predicted octanol–water partition coefficient (Wildman–Crippen LogP) is 1.84. The smallest absolute Gasteiger partial charge is 0.0897 e. The summed E-state index contributed by atoms with van der Waals surface area (Å²) in [7, 11) is 0. The Hall–Kier alpha value is -0.460. The van der Waals surface area contributed by atoms with Crippen molar-refractivity contribution >= 4 is 11.3 Å². The first-order chi connectivity index (χ1) is 10.3. The van der Waals surface area contributed by atoms with Gasteiger partial charge in [0.25, 0.3) is 0 Å². The molecule has 2 saturated heterocycles. The van der Waals surface area contributed by atoms with Crippen LogP contribution in [-0.2, 0) is 11.3 Å². The van der Waals surface area contributed by atoms with E-state index in [9.17, 15) is 5.11 Å². The highest BCUT2D eigenvalue weighted by Gasteiger charge is 2.35. The molecule has 2 N–H and O–H groups in total. The van der Waals surface area contributed by atoms with Gasteiger partial charge in [-0.2, -0.15) is 0 Å². The minimum atomic E-state index is -0.414. The summed E-state index contributed by atoms with van der Waals surface area (Å²) in [5.41, 5.74) is 0. The van der Waals surface area contributed by atoms with E-state index >= 15 is 0 Å². The van der Waals surface area contributed by atoms with E-state index in [0.29, 0.717) is 31.8 Å². The van der Waals surface area contributed by atoms with Crippen LogP contribution in [-0.4, -0.2) is 54.4 Å². The van der Waals surface area contributed by atoms with Gasteiger partial charge in [0, 0.05) is 30.1 Å². The number of nitrogens with zero attached hydrogens (tertiary/aromatic N) is 1. The minimum Gasteiger partial charge on any atom is -0.389 e. The van der Waals surface area contributed by atoms with Crippen LogP contribution in [0, 0.1) is 0 Å². The molecule has 0 radical (unpaired) electrons. The molecule has 3 heterocycles. The van der Waals surface area contributed by atoms with Crippen molar-refractivity contribution in [1.82, 2.24) is 10.2 Å². The van der Waals surface area contributed by atoms with Crippen molar-refractivity contribution in [3.8, 4) is 0 Å². The number of hydrogen-bond acceptors (Lipinski definition) is 5. The van der Waals surface area contributed by atoms with Crippen LogP contribution in [0.25, 0.3) is 0 Å². The SMILES string of the molecule is OC(CNC1CCN2CCCCC12)COCc1cccs1. The number of ether oxygens (including phenoxy) is 1. The fourth-order valence-corrected chi connectivity index (χ4v) is 4.16. The van der Waals surface area contributed by atoms with E-state index in [1.807, 2.05) is 11.4 Å². The summed E-state index contributed by atoms with van der Waals surface area (Å²) in [5, 5.41) is 15.6. The standard InChI is InChI=1S/C16H26N2O2S/c19-13(11-20-12-14-4-3-9-21-14)10-17-15-6-8-18-7-2-1-5-16(15)18/h3-4,9,13,15-17,19H,1-2,5-8,10-12H2. The summed E-state index contributed by atoms with van der Waals surface area (Å²) < 4.78 is 5.57. The predicted molar refractivity (Wildman–Crippen MR) is 85.6 cm³/mol. The van der Waals surface area contributed by atoms with E-state index in [1.165, 1.54) is 43.6 Å². The Labute approximate surface area is 131 Å². The molecule has 118 valence electrons. The lowest BCUT2D eigenvalue weighted by atomic mass is 9.99. The molecule has 0 bridgehead atoms. The van der Waals surface area contributed by atoms with E-state index in [0.717, 1.165) is 0 Å². The van der Waals surface area contributed by atoms with Crippen molar-refractivity contribution in [2.75, 3.05) is 26.2 Å². The van der Waals surface area contributed by atoms with Crippen molar-refractivity contribution in [3.63, 3.8) is 0 Å². The van der Waals surface area contributed by atoms with Crippen LogP contribution in [0.1, 0.15) is 30.6 Å². The van der Waals surface area contributed by atoms with E-state index < -0.39 is 6.10 Å². The molecule has 3 unspecified atom stereocenters. The van der Waals surface area contributed by atoms with E-state index in [2.05, 4.69) is 16.3 Å². The average Bonchev–Trinajstić information content (AvgIpc) is 3.14. The average molecular weight is 310 g/mol. The lowest BCUT2D eigenvalue weighted by Gasteiger charge is -2.33. The van der Waals surface area contributed by atoms with Gasteiger partial charge in [0.1, 0.15) is 0 Å². The number of piperidine rings is 1. The Kier molecular flexibility index (Phi) is 5.66. The molecule has 4 nitrogen and oxygen atoms in total. The van der Waals surface area contributed by atoms with Gasteiger partial charge in [-0.05, 0) is 37.3 Å². The fraction of sp³-hybridized carbons (Fsp3) is 0.750. The van der Waals surface area contributed by atoms with Gasteiger partial charge in [0.05, 0.1) is 19.3 Å². The third kappa shape index (κ3) is 4.27. The van der Waals surface area contributed by atoms with Crippen LogP contribution in [0.5, 0.6) is 0 Å². The molecule has 1 aromatic rings. The van der Waals surface area contributed by atoms with Gasteiger partial charge in [0.15, 0.2) is 0 Å². The van der Waals surface area contributed by atoms with E-state index in [-0.39, 0.29) is 0 Å². The van der Waals surface area contributed by atoms with Crippen molar-refractivity contribution in [1.29, 1.82) is 0 Å². The first-order valence-electron chi connectivity index (χ1n) is 8.08. The monoisotopic (exact) mass is 310 g/mol. The number of rotatable bonds is 7. The summed E-state index contributed by atoms with van der Waals surface area (Å²) >= 11 is 1.69. The molecule has 3 rings (SSSR count). The van der Waals surface area contributed by atoms with Crippen molar-refractivity contribution in [2.45, 2.75) is 50.5 Å². The molecule has 21 heavy (non-hydrogen) atoms. The molecule has 0 saturated carbocycles. The second kappa shape index (κ2) is 7.70. The maximum absolute atomic E-state index is 10.0. The fourth-order valence-electron chi connectivity index (χ4n) is 3.52. The molecular formula is C16H26N2O2S. The van der Waals surface area contributed by atoms with Crippen LogP contribution in [0.15, 0.2) is 17.5 Å². The van der Waals surface area contributed by atoms with E-state index in [1.54, 1.807) is 11.3 Å². The Balaban J connectivity index is 1.33. The van der Waals surface area contributed by atoms with Gasteiger partial charge in [-0.25, -0.2) is 0 Å². The van der Waals surface area contributed by atoms with Crippen LogP contribution in [0.4, 0.5) is 0 Å². The van der Waals surface area contributed by atoms with Gasteiger partial charge < -0.3 is 15.2 Å². The highest BCUT2D eigenvalue weighted by molar-refractivity contribution is 7.09. The van der Waals surface area contributed by atoms with Crippen LogP contribution in [0.3, 0.4) is 0 Å². The first kappa shape index (κ1) is 15.4. The highest BCUT2D eigenvalue weighted by Crippen LogP contribution is 2.27. The Bertz CT molecular complexity index is 412. The molecule has 0 aromatic carbocycles. The van der Waals surface area contributed by atoms with E-state index in [4.69, 9.17) is 4.74 Å². The molecule has 2 aliphatic heterocycles. The van der Waals surface area contributed by atoms with Gasteiger partial charge in [-0.15, -0.1) is 11.3 Å². The summed E-state index contributed by atoms with van der Waals surface area (Å²) in [6.07, 6.45) is 4.81. The number of aliphatic hydroxyl groups is 1. The first-order valence-corrected chi connectivity index (χ1v) is 8.96. The summed E-state index contributed by atoms with van der Waals surface area (Å²) in [5.74, 6) is 0. The molecular weight excluding hydrogens is 284 g/mol. The van der Waals surface area contributed by atoms with Crippen molar-refractivity contribution < 1.29 is 9.84 Å². The van der Waals surface area contributed by atoms with Crippen molar-refractivity contribution in [2.24, 2.45) is 0 Å². The Morgan fingerprint density at radius 1 is 1.38 bits per heavy atom. The zero-order valence-electron chi connectivity index (χ0n) is 12.5. The van der Waals surface area contributed by atoms with Crippen LogP contribution >= 0.6 is 11.3 Å². The molecule has 0 amide bonds. The lowest BCUT2D eigenvalue weighted by molar-refractivity contribution is 0.0276. The summed E-state index contributed by atoms with van der Waals surface area (Å²) in [6, 6.07) is 5.33. The Morgan fingerprint density at radius 3 is 3.19 bits per heavy atom. The molecule has 0 spiro atoms. The minimum absolute atomic E-state index is 0.409. The summed E-state index contributed by atoms with van der Waals surface area (Å²) in [4.78, 5) is 3.82. The maximum Gasteiger partial charge on any atom is 0.0897 e. The van der Waals surface area contributed by atoms with Crippen LogP contribution < -0.4 is 5.32 Å². The Morgan fingerprint density at radius 2 is 2.33 bits per heavy atom. The number of aliphatic hydroxyl groups excluding tert-OH is 1. The highest BCUT2D eigenvalue weighted by atomic mass is 32.1. The lowest BCUT2D eigenvalue weighted by Crippen LogP contribution is -2.47. The topological polar surface area (TPSA) is 44.7 Å². The van der Waals surface area contributed by atoms with Gasteiger partial charge in [0.2, 0.25) is 0 Å².